The SMILES string of the molecule is CCC(C)=O.CNC.COC.COC(C)=O.CSC. The molecule has 0 aliphatic heterocycles. The second kappa shape index (κ2) is 43.3. The van der Waals surface area contributed by atoms with Gasteiger partial charge in [-0.05, 0) is 33.5 Å². The third-order valence-corrected chi connectivity index (χ3v) is 0.785. The Morgan fingerprint density at radius 1 is 1.05 bits per heavy atom. The molecule has 0 spiro atoms. The lowest BCUT2D eigenvalue weighted by atomic mass is 10.4. The van der Waals surface area contributed by atoms with Crippen LogP contribution in [0.3, 0.4) is 0 Å². The molecule has 0 fully saturated rings. The van der Waals surface area contributed by atoms with Crippen LogP contribution >= 0.6 is 11.8 Å². The maximum atomic E-state index is 9.81. The molecular weight excluding hydrogens is 266 g/mol. The van der Waals surface area contributed by atoms with Crippen LogP contribution in [0.2, 0.25) is 0 Å². The van der Waals surface area contributed by atoms with E-state index in [0.29, 0.717) is 6.42 Å². The van der Waals surface area contributed by atoms with Crippen molar-refractivity contribution >= 4 is 23.5 Å². The van der Waals surface area contributed by atoms with E-state index >= 15 is 0 Å². The van der Waals surface area contributed by atoms with Crippen molar-refractivity contribution in [2.75, 3.05) is 47.9 Å². The van der Waals surface area contributed by atoms with Crippen LogP contribution in [0.15, 0.2) is 0 Å². The van der Waals surface area contributed by atoms with Gasteiger partial charge < -0.3 is 19.6 Å². The molecule has 6 heteroatoms. The van der Waals surface area contributed by atoms with Gasteiger partial charge in [-0.3, -0.25) is 4.79 Å². The summed E-state index contributed by atoms with van der Waals surface area (Å²) >= 11 is 1.75. The number of carbonyl (C=O) groups is 2. The zero-order chi connectivity index (χ0) is 16.7. The highest BCUT2D eigenvalue weighted by Gasteiger charge is 1.77. The Morgan fingerprint density at radius 2 is 1.16 bits per heavy atom. The number of Topliss-reactive ketones (excluding diaryl/α,β-unsaturated/α-hetero) is 1. The van der Waals surface area contributed by atoms with E-state index in [1.165, 1.54) is 14.0 Å². The van der Waals surface area contributed by atoms with E-state index in [-0.39, 0.29) is 11.8 Å². The Hall–Kier alpha value is -0.590. The fraction of sp³-hybridized carbons (Fsp3) is 0.846. The smallest absolute Gasteiger partial charge is 0.302 e. The van der Waals surface area contributed by atoms with E-state index in [0.717, 1.165) is 0 Å². The minimum atomic E-state index is -0.245. The van der Waals surface area contributed by atoms with Crippen molar-refractivity contribution in [1.29, 1.82) is 0 Å². The molecule has 0 bridgehead atoms. The van der Waals surface area contributed by atoms with Gasteiger partial charge in [-0.15, -0.1) is 0 Å². The first-order valence-electron chi connectivity index (χ1n) is 5.71. The summed E-state index contributed by atoms with van der Waals surface area (Å²) in [5, 5.41) is 2.75. The normalized spacial score (nSPS) is 6.63. The number of rotatable bonds is 1. The van der Waals surface area contributed by atoms with Gasteiger partial charge in [0, 0.05) is 27.6 Å². The maximum absolute atomic E-state index is 9.81. The molecule has 0 saturated carbocycles. The summed E-state index contributed by atoms with van der Waals surface area (Å²) in [7, 11) is 8.35. The Bertz CT molecular complexity index is 137. The van der Waals surface area contributed by atoms with E-state index in [9.17, 15) is 9.59 Å². The molecule has 0 atom stereocenters. The minimum absolute atomic E-state index is 0.245. The van der Waals surface area contributed by atoms with Crippen molar-refractivity contribution in [2.45, 2.75) is 27.2 Å². The predicted molar refractivity (Wildman–Crippen MR) is 86.0 cm³/mol. The van der Waals surface area contributed by atoms with Gasteiger partial charge in [0.1, 0.15) is 5.78 Å². The average molecular weight is 299 g/mol. The second-order valence-electron chi connectivity index (χ2n) is 3.07. The van der Waals surface area contributed by atoms with E-state index < -0.39 is 0 Å². The van der Waals surface area contributed by atoms with Gasteiger partial charge in [-0.25, -0.2) is 0 Å². The first-order valence-corrected chi connectivity index (χ1v) is 7.35. The van der Waals surface area contributed by atoms with Crippen LogP contribution < -0.4 is 5.32 Å². The number of methoxy groups -OCH3 is 2. The predicted octanol–water partition coefficient (Wildman–Crippen LogP) is 2.24. The van der Waals surface area contributed by atoms with Gasteiger partial charge in [-0.2, -0.15) is 11.8 Å². The van der Waals surface area contributed by atoms with Crippen LogP contribution in [-0.4, -0.2) is 59.7 Å². The molecule has 120 valence electrons. The minimum Gasteiger partial charge on any atom is -0.469 e. The van der Waals surface area contributed by atoms with Crippen LogP contribution in [0, 0.1) is 0 Å². The van der Waals surface area contributed by atoms with Gasteiger partial charge in [0.15, 0.2) is 0 Å². The molecule has 0 saturated heterocycles. The summed E-state index contributed by atoms with van der Waals surface area (Å²) < 4.78 is 8.36. The molecule has 0 unspecified atom stereocenters. The quantitative estimate of drug-likeness (QED) is 0.749. The number of nitrogens with one attached hydrogen (secondary N) is 1. The maximum Gasteiger partial charge on any atom is 0.302 e. The fourth-order valence-electron chi connectivity index (χ4n) is 0. The lowest BCUT2D eigenvalue weighted by molar-refractivity contribution is -0.137. The molecule has 0 aromatic rings. The summed E-state index contributed by atoms with van der Waals surface area (Å²) in [5.41, 5.74) is 0. The van der Waals surface area contributed by atoms with Crippen molar-refractivity contribution in [2.24, 2.45) is 0 Å². The Kier molecular flexibility index (Phi) is 70.7. The number of carbonyl (C=O) groups excluding carboxylic acids is 2. The lowest BCUT2D eigenvalue weighted by Gasteiger charge is -1.80. The third kappa shape index (κ3) is 356. The van der Waals surface area contributed by atoms with Gasteiger partial charge in [0.05, 0.1) is 7.11 Å². The monoisotopic (exact) mass is 299 g/mol. The van der Waals surface area contributed by atoms with Crippen LogP contribution in [0.1, 0.15) is 27.2 Å². The van der Waals surface area contributed by atoms with Crippen LogP contribution in [-0.2, 0) is 19.1 Å². The molecule has 5 nitrogen and oxygen atoms in total. The highest BCUT2D eigenvalue weighted by atomic mass is 32.2. The van der Waals surface area contributed by atoms with Gasteiger partial charge in [0.25, 0.3) is 0 Å². The molecule has 0 heterocycles. The second-order valence-corrected chi connectivity index (χ2v) is 3.88. The first kappa shape index (κ1) is 31.0. The summed E-state index contributed by atoms with van der Waals surface area (Å²) in [6, 6.07) is 0. The highest BCUT2D eigenvalue weighted by molar-refractivity contribution is 7.97. The van der Waals surface area contributed by atoms with Gasteiger partial charge in [-0.1, -0.05) is 6.92 Å². The van der Waals surface area contributed by atoms with E-state index in [4.69, 9.17) is 0 Å². The number of ether oxygens (including phenoxy) is 2. The summed E-state index contributed by atoms with van der Waals surface area (Å²) in [4.78, 5) is 19.4. The summed E-state index contributed by atoms with van der Waals surface area (Å²) in [6.07, 6.45) is 4.75. The Balaban J connectivity index is -0.0000000442. The molecule has 0 aliphatic rings. The number of esters is 1. The zero-order valence-corrected chi connectivity index (χ0v) is 15.1. The molecule has 0 aliphatic carbocycles. The molecule has 0 amide bonds. The molecule has 0 aromatic heterocycles. The van der Waals surface area contributed by atoms with Crippen molar-refractivity contribution in [3.05, 3.63) is 0 Å². The molecule has 0 radical (unpaired) electrons. The zero-order valence-electron chi connectivity index (χ0n) is 14.2. The van der Waals surface area contributed by atoms with Gasteiger partial charge >= 0.3 is 5.97 Å². The topological polar surface area (TPSA) is 64.6 Å². The van der Waals surface area contributed by atoms with E-state index in [1.807, 2.05) is 33.5 Å². The van der Waals surface area contributed by atoms with Crippen molar-refractivity contribution < 1.29 is 19.1 Å². The molecular formula is C13H33NO4S. The third-order valence-electron chi connectivity index (χ3n) is 0.785. The largest absolute Gasteiger partial charge is 0.469 e. The van der Waals surface area contributed by atoms with Gasteiger partial charge in [0.2, 0.25) is 0 Å². The molecule has 1 N–H and O–H groups in total. The fourth-order valence-corrected chi connectivity index (χ4v) is 0. The molecule has 19 heavy (non-hydrogen) atoms. The Labute approximate surface area is 123 Å². The molecule has 0 aromatic carbocycles. The van der Waals surface area contributed by atoms with E-state index in [2.05, 4.69) is 14.8 Å². The standard InChI is InChI=1S/C4H8O.C3H6O2.C2H7N.C2H6O.C2H6S/c1-3-4(2)5;1-3(4)5-2;3*1-3-2/h3H2,1-2H3;1-2H3;3H,1-2H3;2*1-2H3. The van der Waals surface area contributed by atoms with Crippen LogP contribution in [0.4, 0.5) is 0 Å². The Morgan fingerprint density at radius 3 is 1.16 bits per heavy atom. The number of hydrogen-bond acceptors (Lipinski definition) is 6. The van der Waals surface area contributed by atoms with Crippen LogP contribution in [0.5, 0.6) is 0 Å². The lowest BCUT2D eigenvalue weighted by Crippen LogP contribution is -1.89. The van der Waals surface area contributed by atoms with Crippen LogP contribution in [0.25, 0.3) is 0 Å². The highest BCUT2D eigenvalue weighted by Crippen LogP contribution is 1.71. The number of thioether (sulfide) groups is 1. The van der Waals surface area contributed by atoms with Crippen molar-refractivity contribution in [1.82, 2.24) is 5.32 Å². The van der Waals surface area contributed by atoms with Crippen molar-refractivity contribution in [3.63, 3.8) is 0 Å². The van der Waals surface area contributed by atoms with E-state index in [1.54, 1.807) is 32.9 Å². The molecule has 0 rings (SSSR count). The number of ketones is 1. The summed E-state index contributed by atoms with van der Waals surface area (Å²) in [5.74, 6) is 0.00926. The van der Waals surface area contributed by atoms with Crippen molar-refractivity contribution in [3.8, 4) is 0 Å². The first-order chi connectivity index (χ1) is 8.78. The average Bonchev–Trinajstić information content (AvgIpc) is 2.32. The summed E-state index contributed by atoms with van der Waals surface area (Å²) in [6.45, 7) is 4.79. The number of hydrogen-bond donors (Lipinski definition) is 1.